The summed E-state index contributed by atoms with van der Waals surface area (Å²) in [5, 5.41) is 20.4. The zero-order valence-corrected chi connectivity index (χ0v) is 14.6. The Morgan fingerprint density at radius 1 is 1.28 bits per heavy atom. The first-order valence-electron chi connectivity index (χ1n) is 8.63. The van der Waals surface area contributed by atoms with Crippen LogP contribution in [0.1, 0.15) is 56.1 Å². The normalized spacial score (nSPS) is 25.8. The summed E-state index contributed by atoms with van der Waals surface area (Å²) in [5.41, 5.74) is 0.471. The largest absolute Gasteiger partial charge is 0.463 e. The number of pyridine rings is 1. The van der Waals surface area contributed by atoms with Crippen molar-refractivity contribution in [2.45, 2.75) is 64.1 Å². The van der Waals surface area contributed by atoms with Crippen molar-refractivity contribution in [2.75, 3.05) is 6.61 Å². The first-order valence-corrected chi connectivity index (χ1v) is 8.63. The summed E-state index contributed by atoms with van der Waals surface area (Å²) in [6, 6.07) is 3.33. The van der Waals surface area contributed by atoms with Gasteiger partial charge in [-0.05, 0) is 19.4 Å². The average molecular weight is 352 g/mol. The molecule has 1 aromatic heterocycles. The fourth-order valence-electron chi connectivity index (χ4n) is 2.74. The van der Waals surface area contributed by atoms with Crippen LogP contribution in [0.5, 0.6) is 0 Å². The number of esters is 1. The number of carbonyl (C=O) groups is 2. The van der Waals surface area contributed by atoms with Gasteiger partial charge in [-0.2, -0.15) is 4.57 Å². The number of hydrogen-bond donors (Lipinski definition) is 2. The van der Waals surface area contributed by atoms with E-state index in [1.807, 2.05) is 6.92 Å². The predicted octanol–water partition coefficient (Wildman–Crippen LogP) is 0.919. The Balaban J connectivity index is 1.95. The van der Waals surface area contributed by atoms with Crippen molar-refractivity contribution < 1.29 is 33.8 Å². The number of unbranched alkanes of at least 4 members (excludes halogenated alkanes) is 2. The molecular weight excluding hydrogens is 326 g/mol. The third kappa shape index (κ3) is 5.07. The smallest absolute Gasteiger partial charge is 0.305 e. The van der Waals surface area contributed by atoms with Crippen molar-refractivity contribution in [2.24, 2.45) is 0 Å². The molecule has 1 aliphatic heterocycles. The second kappa shape index (κ2) is 9.03. The van der Waals surface area contributed by atoms with Gasteiger partial charge >= 0.3 is 5.97 Å². The molecule has 0 spiro atoms. The SMILES string of the molecule is CCCCCC(=O)OC[C@H]1O[C@@H]([n+]2cccc(C(C)=O)c2)[C@H](O)[C@@H]1O. The van der Waals surface area contributed by atoms with E-state index in [0.717, 1.165) is 19.3 Å². The molecule has 1 aliphatic rings. The number of aliphatic hydroxyl groups excluding tert-OH is 2. The van der Waals surface area contributed by atoms with Crippen molar-refractivity contribution in [1.29, 1.82) is 0 Å². The maximum atomic E-state index is 11.7. The standard InChI is InChI=1S/C18H26NO6/c1-3-4-5-8-15(21)24-11-14-16(22)17(23)18(25-14)19-9-6-7-13(10-19)12(2)20/h6-7,9-10,14,16-18,22-23H,3-5,8,11H2,1-2H3/q+1/t14-,16-,17-,18-/m1/s1. The first-order chi connectivity index (χ1) is 11.9. The Bertz CT molecular complexity index is 605. The van der Waals surface area contributed by atoms with Crippen molar-refractivity contribution in [3.05, 3.63) is 30.1 Å². The van der Waals surface area contributed by atoms with E-state index in [9.17, 15) is 19.8 Å². The van der Waals surface area contributed by atoms with Crippen molar-refractivity contribution in [1.82, 2.24) is 0 Å². The Morgan fingerprint density at radius 2 is 2.04 bits per heavy atom. The van der Waals surface area contributed by atoms with Gasteiger partial charge in [-0.15, -0.1) is 0 Å². The van der Waals surface area contributed by atoms with Crippen molar-refractivity contribution >= 4 is 11.8 Å². The Kier molecular flexibility index (Phi) is 7.04. The van der Waals surface area contributed by atoms with Gasteiger partial charge in [0.25, 0.3) is 6.23 Å². The lowest BCUT2D eigenvalue weighted by molar-refractivity contribution is -0.765. The fraction of sp³-hybridized carbons (Fsp3) is 0.611. The van der Waals surface area contributed by atoms with Crippen LogP contribution in [0.15, 0.2) is 24.5 Å². The molecule has 138 valence electrons. The quantitative estimate of drug-likeness (QED) is 0.313. The molecule has 0 amide bonds. The summed E-state index contributed by atoms with van der Waals surface area (Å²) >= 11 is 0. The van der Waals surface area contributed by atoms with E-state index in [1.165, 1.54) is 11.5 Å². The highest BCUT2D eigenvalue weighted by atomic mass is 16.6. The summed E-state index contributed by atoms with van der Waals surface area (Å²) in [4.78, 5) is 23.2. The second-order valence-electron chi connectivity index (χ2n) is 6.28. The average Bonchev–Trinajstić information content (AvgIpc) is 2.88. The number of hydrogen-bond acceptors (Lipinski definition) is 6. The monoisotopic (exact) mass is 352 g/mol. The number of ketones is 1. The second-order valence-corrected chi connectivity index (χ2v) is 6.28. The van der Waals surface area contributed by atoms with Crippen LogP contribution in [0.25, 0.3) is 0 Å². The third-order valence-electron chi connectivity index (χ3n) is 4.25. The number of nitrogens with zero attached hydrogens (tertiary/aromatic N) is 1. The van der Waals surface area contributed by atoms with Crippen LogP contribution in [0.4, 0.5) is 0 Å². The van der Waals surface area contributed by atoms with Crippen molar-refractivity contribution in [3.63, 3.8) is 0 Å². The van der Waals surface area contributed by atoms with Crippen LogP contribution >= 0.6 is 0 Å². The molecule has 0 bridgehead atoms. The summed E-state index contributed by atoms with van der Waals surface area (Å²) in [5.74, 6) is -0.451. The van der Waals surface area contributed by atoms with Gasteiger partial charge in [-0.25, -0.2) is 0 Å². The van der Waals surface area contributed by atoms with E-state index in [0.29, 0.717) is 12.0 Å². The highest BCUT2D eigenvalue weighted by Gasteiger charge is 2.48. The van der Waals surface area contributed by atoms with Crippen LogP contribution in [0.2, 0.25) is 0 Å². The lowest BCUT2D eigenvalue weighted by Crippen LogP contribution is -2.46. The molecule has 0 aromatic carbocycles. The minimum atomic E-state index is -1.18. The molecule has 1 fully saturated rings. The number of ether oxygens (including phenoxy) is 2. The van der Waals surface area contributed by atoms with Gasteiger partial charge in [0.05, 0.1) is 5.56 Å². The van der Waals surface area contributed by atoms with Crippen LogP contribution in [-0.2, 0) is 14.3 Å². The van der Waals surface area contributed by atoms with Crippen LogP contribution in [0.3, 0.4) is 0 Å². The molecule has 7 heteroatoms. The topological polar surface area (TPSA) is 96.9 Å². The summed E-state index contributed by atoms with van der Waals surface area (Å²) < 4.78 is 12.3. The van der Waals surface area contributed by atoms with Crippen LogP contribution < -0.4 is 4.57 Å². The van der Waals surface area contributed by atoms with Gasteiger partial charge in [-0.3, -0.25) is 9.59 Å². The number of aliphatic hydroxyl groups is 2. The molecule has 4 atom stereocenters. The van der Waals surface area contributed by atoms with Gasteiger partial charge in [0.2, 0.25) is 0 Å². The Morgan fingerprint density at radius 3 is 2.72 bits per heavy atom. The van der Waals surface area contributed by atoms with Gasteiger partial charge < -0.3 is 19.7 Å². The van der Waals surface area contributed by atoms with Gasteiger partial charge in [0, 0.05) is 12.5 Å². The minimum Gasteiger partial charge on any atom is -0.463 e. The van der Waals surface area contributed by atoms with E-state index in [2.05, 4.69) is 0 Å². The zero-order valence-electron chi connectivity index (χ0n) is 14.6. The van der Waals surface area contributed by atoms with E-state index in [-0.39, 0.29) is 18.4 Å². The number of Topliss-reactive ketones (excluding diaryl/α,β-unsaturated/α-hetero) is 1. The molecule has 2 N–H and O–H groups in total. The maximum Gasteiger partial charge on any atom is 0.305 e. The summed E-state index contributed by atoms with van der Waals surface area (Å²) in [7, 11) is 0. The summed E-state index contributed by atoms with van der Waals surface area (Å²) in [6.07, 6.45) is 2.25. The first kappa shape index (κ1) is 19.5. The molecule has 0 saturated carbocycles. The molecular formula is C18H26NO6+. The molecule has 2 rings (SSSR count). The predicted molar refractivity (Wildman–Crippen MR) is 87.7 cm³/mol. The Hall–Kier alpha value is -1.83. The molecule has 1 saturated heterocycles. The molecule has 25 heavy (non-hydrogen) atoms. The molecule has 0 radical (unpaired) electrons. The molecule has 0 aliphatic carbocycles. The number of rotatable bonds is 8. The zero-order chi connectivity index (χ0) is 18.4. The number of aromatic nitrogens is 1. The van der Waals surface area contributed by atoms with Gasteiger partial charge in [0.1, 0.15) is 18.8 Å². The highest BCUT2D eigenvalue weighted by molar-refractivity contribution is 5.93. The maximum absolute atomic E-state index is 11.7. The third-order valence-corrected chi connectivity index (χ3v) is 4.25. The minimum absolute atomic E-state index is 0.111. The van der Waals surface area contributed by atoms with Crippen LogP contribution in [-0.4, -0.2) is 46.9 Å². The van der Waals surface area contributed by atoms with Gasteiger partial charge in [0.15, 0.2) is 24.3 Å². The fourth-order valence-corrected chi connectivity index (χ4v) is 2.74. The molecule has 2 heterocycles. The Labute approximate surface area is 147 Å². The highest BCUT2D eigenvalue weighted by Crippen LogP contribution is 2.26. The lowest BCUT2D eigenvalue weighted by Gasteiger charge is -2.13. The van der Waals surface area contributed by atoms with E-state index in [1.54, 1.807) is 24.5 Å². The van der Waals surface area contributed by atoms with E-state index < -0.39 is 24.5 Å². The van der Waals surface area contributed by atoms with Crippen molar-refractivity contribution in [3.8, 4) is 0 Å². The molecule has 7 nitrogen and oxygen atoms in total. The summed E-state index contributed by atoms with van der Waals surface area (Å²) in [6.45, 7) is 3.38. The van der Waals surface area contributed by atoms with Gasteiger partial charge in [-0.1, -0.05) is 19.8 Å². The number of carbonyl (C=O) groups excluding carboxylic acids is 2. The molecule has 1 aromatic rings. The lowest BCUT2D eigenvalue weighted by atomic mass is 10.1. The van der Waals surface area contributed by atoms with E-state index >= 15 is 0 Å². The molecule has 0 unspecified atom stereocenters. The van der Waals surface area contributed by atoms with Crippen LogP contribution in [0, 0.1) is 0 Å². The van der Waals surface area contributed by atoms with E-state index in [4.69, 9.17) is 9.47 Å².